The zero-order valence-electron chi connectivity index (χ0n) is 10.2. The van der Waals surface area contributed by atoms with E-state index >= 15 is 0 Å². The van der Waals surface area contributed by atoms with Crippen molar-refractivity contribution < 1.29 is 9.53 Å². The number of amides is 1. The van der Waals surface area contributed by atoms with E-state index in [9.17, 15) is 4.79 Å². The maximum absolute atomic E-state index is 10.4. The van der Waals surface area contributed by atoms with E-state index in [0.29, 0.717) is 19.2 Å². The Morgan fingerprint density at radius 3 is 2.88 bits per heavy atom. The normalized spacial score (nSPS) is 26.1. The highest BCUT2D eigenvalue weighted by atomic mass is 16.5. The van der Waals surface area contributed by atoms with Crippen molar-refractivity contribution in [3.05, 3.63) is 0 Å². The van der Waals surface area contributed by atoms with E-state index in [1.165, 1.54) is 38.5 Å². The Morgan fingerprint density at radius 1 is 1.38 bits per heavy atom. The molecule has 0 saturated heterocycles. The lowest BCUT2D eigenvalue weighted by molar-refractivity contribution is 0.155. The maximum atomic E-state index is 10.4. The number of nitrogens with two attached hydrogens (primary N) is 1. The van der Waals surface area contributed by atoms with Crippen molar-refractivity contribution in [3.63, 3.8) is 0 Å². The molecule has 1 aliphatic rings. The lowest BCUT2D eigenvalue weighted by Gasteiger charge is -2.16. The van der Waals surface area contributed by atoms with Crippen LogP contribution in [0.15, 0.2) is 0 Å². The maximum Gasteiger partial charge on any atom is 0.404 e. The monoisotopic (exact) mass is 228 g/mol. The molecule has 94 valence electrons. The Morgan fingerprint density at radius 2 is 2.19 bits per heavy atom. The fourth-order valence-corrected chi connectivity index (χ4v) is 2.41. The summed E-state index contributed by atoms with van der Waals surface area (Å²) < 4.78 is 4.68. The fraction of sp³-hybridized carbons (Fsp3) is 0.917. The first-order valence-corrected chi connectivity index (χ1v) is 6.38. The van der Waals surface area contributed by atoms with Gasteiger partial charge in [0.25, 0.3) is 0 Å². The average molecular weight is 228 g/mol. The van der Waals surface area contributed by atoms with Gasteiger partial charge in [0.05, 0.1) is 0 Å². The van der Waals surface area contributed by atoms with Gasteiger partial charge in [-0.2, -0.15) is 0 Å². The zero-order valence-corrected chi connectivity index (χ0v) is 10.2. The van der Waals surface area contributed by atoms with Gasteiger partial charge in [0, 0.05) is 12.6 Å². The number of primary amides is 1. The molecule has 2 unspecified atom stereocenters. The first-order chi connectivity index (χ1) is 7.72. The number of carbonyl (C=O) groups excluding carboxylic acids is 1. The van der Waals surface area contributed by atoms with Crippen molar-refractivity contribution in [1.82, 2.24) is 5.32 Å². The molecular weight excluding hydrogens is 204 g/mol. The fourth-order valence-electron chi connectivity index (χ4n) is 2.41. The van der Waals surface area contributed by atoms with E-state index < -0.39 is 6.09 Å². The quantitative estimate of drug-likeness (QED) is 0.559. The Balaban J connectivity index is 2.10. The van der Waals surface area contributed by atoms with Crippen LogP contribution < -0.4 is 11.1 Å². The molecule has 0 aromatic carbocycles. The van der Waals surface area contributed by atoms with Crippen LogP contribution in [0.1, 0.15) is 45.4 Å². The number of hydrogen-bond acceptors (Lipinski definition) is 3. The summed E-state index contributed by atoms with van der Waals surface area (Å²) in [5.41, 5.74) is 4.88. The van der Waals surface area contributed by atoms with Crippen molar-refractivity contribution in [2.75, 3.05) is 13.2 Å². The number of ether oxygens (including phenoxy) is 1. The van der Waals surface area contributed by atoms with Crippen molar-refractivity contribution in [3.8, 4) is 0 Å². The van der Waals surface area contributed by atoms with E-state index in [1.807, 2.05) is 0 Å². The molecule has 2 atom stereocenters. The molecule has 4 nitrogen and oxygen atoms in total. The van der Waals surface area contributed by atoms with Gasteiger partial charge in [0.2, 0.25) is 0 Å². The number of rotatable bonds is 5. The molecule has 4 heteroatoms. The van der Waals surface area contributed by atoms with Gasteiger partial charge >= 0.3 is 6.09 Å². The summed E-state index contributed by atoms with van der Waals surface area (Å²) in [5.74, 6) is 0.911. The van der Waals surface area contributed by atoms with Crippen molar-refractivity contribution in [2.45, 2.75) is 51.5 Å². The molecule has 1 saturated carbocycles. The van der Waals surface area contributed by atoms with Crippen LogP contribution in [0.4, 0.5) is 4.79 Å². The lowest BCUT2D eigenvalue weighted by atomic mass is 9.98. The Kier molecular flexibility index (Phi) is 6.23. The highest BCUT2D eigenvalue weighted by Gasteiger charge is 2.16. The summed E-state index contributed by atoms with van der Waals surface area (Å²) in [4.78, 5) is 10.4. The molecule has 0 heterocycles. The summed E-state index contributed by atoms with van der Waals surface area (Å²) in [6.07, 6.45) is 7.11. The lowest BCUT2D eigenvalue weighted by Crippen LogP contribution is -2.32. The molecule has 1 rings (SSSR count). The van der Waals surface area contributed by atoms with Gasteiger partial charge in [-0.1, -0.05) is 26.2 Å². The summed E-state index contributed by atoms with van der Waals surface area (Å²) in [7, 11) is 0. The predicted molar refractivity (Wildman–Crippen MR) is 64.2 cm³/mol. The highest BCUT2D eigenvalue weighted by molar-refractivity contribution is 5.64. The van der Waals surface area contributed by atoms with E-state index in [1.54, 1.807) is 0 Å². The third kappa shape index (κ3) is 5.35. The van der Waals surface area contributed by atoms with E-state index in [-0.39, 0.29) is 0 Å². The van der Waals surface area contributed by atoms with Gasteiger partial charge in [-0.25, -0.2) is 4.79 Å². The number of hydrogen-bond donors (Lipinski definition) is 2. The van der Waals surface area contributed by atoms with Crippen molar-refractivity contribution >= 4 is 6.09 Å². The molecular formula is C12H24N2O2. The van der Waals surface area contributed by atoms with Crippen LogP contribution in [0.5, 0.6) is 0 Å². The third-order valence-corrected chi connectivity index (χ3v) is 3.45. The van der Waals surface area contributed by atoms with Crippen LogP contribution in [0, 0.1) is 5.92 Å². The smallest absolute Gasteiger partial charge is 0.404 e. The molecule has 3 N–H and O–H groups in total. The SMILES string of the molecule is CCC1CCCC(NCCOC(N)=O)CC1. The minimum absolute atomic E-state index is 0.378. The molecule has 0 aromatic heterocycles. The molecule has 0 radical (unpaired) electrons. The first kappa shape index (κ1) is 13.3. The molecule has 1 amide bonds. The van der Waals surface area contributed by atoms with Crippen LogP contribution in [-0.4, -0.2) is 25.3 Å². The van der Waals surface area contributed by atoms with Gasteiger partial charge in [0.15, 0.2) is 0 Å². The molecule has 0 aromatic rings. The predicted octanol–water partition coefficient (Wildman–Crippen LogP) is 2.03. The second-order valence-electron chi connectivity index (χ2n) is 4.60. The molecule has 0 bridgehead atoms. The van der Waals surface area contributed by atoms with Crippen LogP contribution in [0.2, 0.25) is 0 Å². The second kappa shape index (κ2) is 7.49. The van der Waals surface area contributed by atoms with Gasteiger partial charge in [0.1, 0.15) is 6.61 Å². The molecule has 1 fully saturated rings. The summed E-state index contributed by atoms with van der Waals surface area (Å²) >= 11 is 0. The second-order valence-corrected chi connectivity index (χ2v) is 4.60. The van der Waals surface area contributed by atoms with Crippen molar-refractivity contribution in [2.24, 2.45) is 11.7 Å². The van der Waals surface area contributed by atoms with Gasteiger partial charge in [-0.3, -0.25) is 0 Å². The summed E-state index contributed by atoms with van der Waals surface area (Å²) in [6, 6.07) is 0.591. The zero-order chi connectivity index (χ0) is 11.8. The molecule has 16 heavy (non-hydrogen) atoms. The van der Waals surface area contributed by atoms with E-state index in [4.69, 9.17) is 5.73 Å². The summed E-state index contributed by atoms with van der Waals surface area (Å²) in [5, 5.41) is 3.43. The topological polar surface area (TPSA) is 64.3 Å². The first-order valence-electron chi connectivity index (χ1n) is 6.38. The third-order valence-electron chi connectivity index (χ3n) is 3.45. The Bertz CT molecular complexity index is 209. The largest absolute Gasteiger partial charge is 0.448 e. The highest BCUT2D eigenvalue weighted by Crippen LogP contribution is 2.25. The molecule has 0 aliphatic heterocycles. The Labute approximate surface area is 97.9 Å². The van der Waals surface area contributed by atoms with Crippen LogP contribution in [0.25, 0.3) is 0 Å². The van der Waals surface area contributed by atoms with Gasteiger partial charge < -0.3 is 15.8 Å². The van der Waals surface area contributed by atoms with Gasteiger partial charge in [-0.15, -0.1) is 0 Å². The van der Waals surface area contributed by atoms with Crippen molar-refractivity contribution in [1.29, 1.82) is 0 Å². The average Bonchev–Trinajstić information content (AvgIpc) is 2.49. The Hall–Kier alpha value is -0.770. The minimum atomic E-state index is -0.686. The number of nitrogens with one attached hydrogen (secondary N) is 1. The summed E-state index contributed by atoms with van der Waals surface area (Å²) in [6.45, 7) is 3.37. The molecule has 0 spiro atoms. The van der Waals surface area contributed by atoms with Crippen LogP contribution in [-0.2, 0) is 4.74 Å². The van der Waals surface area contributed by atoms with E-state index in [2.05, 4.69) is 17.0 Å². The van der Waals surface area contributed by atoms with Crippen LogP contribution >= 0.6 is 0 Å². The standard InChI is InChI=1S/C12H24N2O2/c1-2-10-4-3-5-11(7-6-10)14-8-9-16-12(13)15/h10-11,14H,2-9H2,1H3,(H2,13,15). The van der Waals surface area contributed by atoms with E-state index in [0.717, 1.165) is 5.92 Å². The minimum Gasteiger partial charge on any atom is -0.448 e. The molecule has 1 aliphatic carbocycles. The van der Waals surface area contributed by atoms with Gasteiger partial charge in [-0.05, 0) is 25.2 Å². The number of carbonyl (C=O) groups is 1. The van der Waals surface area contributed by atoms with Crippen LogP contribution in [0.3, 0.4) is 0 Å².